The van der Waals surface area contributed by atoms with Crippen LogP contribution in [0.3, 0.4) is 0 Å². The molecule has 6 nitrogen and oxygen atoms in total. The van der Waals surface area contributed by atoms with Crippen LogP contribution in [0.15, 0.2) is 60.0 Å². The zero-order valence-electron chi connectivity index (χ0n) is 13.4. The van der Waals surface area contributed by atoms with Gasteiger partial charge in [-0.1, -0.05) is 34.1 Å². The number of nitrogens with zero attached hydrogens (tertiary/aromatic N) is 3. The van der Waals surface area contributed by atoms with Gasteiger partial charge in [0.2, 0.25) is 5.88 Å². The number of amides is 1. The SMILES string of the molecule is Cn1c(O)c(N=NC(=O)COc2c(Br)cc(Br)cc2Br)c2ccccc21. The second-order valence-electron chi connectivity index (χ2n) is 5.33. The highest BCUT2D eigenvalue weighted by Gasteiger charge is 2.15. The number of carbonyl (C=O) groups excluding carboxylic acids is 1. The highest BCUT2D eigenvalue weighted by atomic mass is 79.9. The molecule has 3 rings (SSSR count). The maximum atomic E-state index is 12.0. The Bertz CT molecular complexity index is 1010. The summed E-state index contributed by atoms with van der Waals surface area (Å²) in [6.07, 6.45) is 0. The fraction of sp³-hybridized carbons (Fsp3) is 0.118. The van der Waals surface area contributed by atoms with Crippen LogP contribution in [0.1, 0.15) is 0 Å². The molecule has 0 spiro atoms. The number of aryl methyl sites for hydroxylation is 1. The van der Waals surface area contributed by atoms with Crippen LogP contribution in [0, 0.1) is 0 Å². The third-order valence-corrected chi connectivity index (χ3v) is 5.25. The van der Waals surface area contributed by atoms with Crippen LogP contribution in [0.2, 0.25) is 0 Å². The Morgan fingerprint density at radius 3 is 2.54 bits per heavy atom. The van der Waals surface area contributed by atoms with E-state index in [-0.39, 0.29) is 18.2 Å². The van der Waals surface area contributed by atoms with Crippen molar-refractivity contribution < 1.29 is 14.6 Å². The second-order valence-corrected chi connectivity index (χ2v) is 7.95. The molecule has 26 heavy (non-hydrogen) atoms. The van der Waals surface area contributed by atoms with Gasteiger partial charge in [0.15, 0.2) is 12.3 Å². The standard InChI is InChI=1S/C17H12Br3N3O3/c1-23-13-5-3-2-4-10(13)15(17(23)25)22-21-14(24)8-26-16-11(19)6-9(18)7-12(16)20/h2-7,25H,8H2,1H3. The van der Waals surface area contributed by atoms with E-state index in [1.54, 1.807) is 29.8 Å². The molecule has 3 aromatic rings. The Labute approximate surface area is 174 Å². The Kier molecular flexibility index (Phi) is 5.79. The van der Waals surface area contributed by atoms with Crippen LogP contribution in [-0.4, -0.2) is 22.2 Å². The van der Waals surface area contributed by atoms with Crippen molar-refractivity contribution in [3.05, 3.63) is 49.8 Å². The van der Waals surface area contributed by atoms with Crippen molar-refractivity contribution in [1.29, 1.82) is 0 Å². The van der Waals surface area contributed by atoms with E-state index in [0.29, 0.717) is 20.1 Å². The number of aromatic nitrogens is 1. The van der Waals surface area contributed by atoms with Crippen LogP contribution in [0.5, 0.6) is 11.6 Å². The molecule has 1 heterocycles. The molecule has 0 bridgehead atoms. The normalized spacial score (nSPS) is 11.4. The summed E-state index contributed by atoms with van der Waals surface area (Å²) in [6.45, 7) is -0.284. The van der Waals surface area contributed by atoms with E-state index in [4.69, 9.17) is 4.74 Å². The lowest BCUT2D eigenvalue weighted by molar-refractivity contribution is -0.120. The highest BCUT2D eigenvalue weighted by molar-refractivity contribution is 9.11. The van der Waals surface area contributed by atoms with Gasteiger partial charge in [0.25, 0.3) is 0 Å². The first-order valence-electron chi connectivity index (χ1n) is 7.36. The van der Waals surface area contributed by atoms with Gasteiger partial charge >= 0.3 is 5.91 Å². The summed E-state index contributed by atoms with van der Waals surface area (Å²) in [6, 6.07) is 11.0. The number of ether oxygens (including phenoxy) is 1. The van der Waals surface area contributed by atoms with Gasteiger partial charge in [0.1, 0.15) is 5.75 Å². The number of azo groups is 1. The first-order valence-corrected chi connectivity index (χ1v) is 9.74. The van der Waals surface area contributed by atoms with Gasteiger partial charge in [0, 0.05) is 16.9 Å². The van der Waals surface area contributed by atoms with Crippen LogP contribution >= 0.6 is 47.8 Å². The Balaban J connectivity index is 1.76. The maximum Gasteiger partial charge on any atom is 0.302 e. The minimum absolute atomic E-state index is 0.0536. The van der Waals surface area contributed by atoms with Crippen molar-refractivity contribution in [2.45, 2.75) is 0 Å². The van der Waals surface area contributed by atoms with Gasteiger partial charge in [-0.05, 0) is 50.1 Å². The summed E-state index contributed by atoms with van der Waals surface area (Å²) in [4.78, 5) is 12.0. The number of halogens is 3. The van der Waals surface area contributed by atoms with Gasteiger partial charge in [-0.15, -0.1) is 10.2 Å². The smallest absolute Gasteiger partial charge is 0.302 e. The molecule has 134 valence electrons. The number of hydrogen-bond acceptors (Lipinski definition) is 4. The predicted octanol–water partition coefficient (Wildman–Crippen LogP) is 5.86. The zero-order chi connectivity index (χ0) is 18.8. The first kappa shape index (κ1) is 19.1. The largest absolute Gasteiger partial charge is 0.493 e. The Morgan fingerprint density at radius 1 is 1.19 bits per heavy atom. The molecule has 0 radical (unpaired) electrons. The van der Waals surface area contributed by atoms with Gasteiger partial charge in [-0.2, -0.15) is 0 Å². The molecule has 0 unspecified atom stereocenters. The molecule has 0 atom stereocenters. The van der Waals surface area contributed by atoms with E-state index in [2.05, 4.69) is 58.0 Å². The summed E-state index contributed by atoms with van der Waals surface area (Å²) >= 11 is 10.1. The third kappa shape index (κ3) is 3.84. The Hall–Kier alpha value is -1.71. The van der Waals surface area contributed by atoms with Crippen molar-refractivity contribution in [3.63, 3.8) is 0 Å². The minimum Gasteiger partial charge on any atom is -0.493 e. The summed E-state index contributed by atoms with van der Waals surface area (Å²) in [5.74, 6) is -0.133. The average Bonchev–Trinajstić information content (AvgIpc) is 2.83. The van der Waals surface area contributed by atoms with Gasteiger partial charge < -0.3 is 14.4 Å². The van der Waals surface area contributed by atoms with E-state index < -0.39 is 5.91 Å². The molecule has 0 aliphatic rings. The monoisotopic (exact) mass is 543 g/mol. The minimum atomic E-state index is -0.570. The molecule has 0 fully saturated rings. The van der Waals surface area contributed by atoms with Crippen molar-refractivity contribution in [1.82, 2.24) is 4.57 Å². The average molecular weight is 546 g/mol. The molecule has 0 aliphatic carbocycles. The van der Waals surface area contributed by atoms with E-state index >= 15 is 0 Å². The van der Waals surface area contributed by atoms with Crippen molar-refractivity contribution >= 4 is 70.3 Å². The van der Waals surface area contributed by atoms with Crippen molar-refractivity contribution in [3.8, 4) is 11.6 Å². The first-order chi connectivity index (χ1) is 12.4. The van der Waals surface area contributed by atoms with Crippen molar-refractivity contribution in [2.75, 3.05) is 6.61 Å². The number of para-hydroxylation sites is 1. The van der Waals surface area contributed by atoms with Crippen LogP contribution in [0.4, 0.5) is 5.69 Å². The molecule has 1 N–H and O–H groups in total. The number of hydrogen-bond donors (Lipinski definition) is 1. The number of fused-ring (bicyclic) bond motifs is 1. The van der Waals surface area contributed by atoms with Crippen LogP contribution in [-0.2, 0) is 11.8 Å². The van der Waals surface area contributed by atoms with E-state index in [9.17, 15) is 9.90 Å². The number of carbonyl (C=O) groups is 1. The molecule has 2 aromatic carbocycles. The number of aromatic hydroxyl groups is 1. The molecule has 1 amide bonds. The molecular weight excluding hydrogens is 534 g/mol. The maximum absolute atomic E-state index is 12.0. The summed E-state index contributed by atoms with van der Waals surface area (Å²) in [5.41, 5.74) is 1.05. The fourth-order valence-electron chi connectivity index (χ4n) is 2.39. The third-order valence-electron chi connectivity index (χ3n) is 3.61. The lowest BCUT2D eigenvalue weighted by Crippen LogP contribution is -2.08. The summed E-state index contributed by atoms with van der Waals surface area (Å²) in [7, 11) is 1.71. The highest BCUT2D eigenvalue weighted by Crippen LogP contribution is 2.38. The van der Waals surface area contributed by atoms with E-state index in [0.717, 1.165) is 9.99 Å². The second kappa shape index (κ2) is 7.89. The molecule has 0 saturated carbocycles. The molecule has 0 saturated heterocycles. The fourth-order valence-corrected chi connectivity index (χ4v) is 4.88. The molecule has 1 aromatic heterocycles. The van der Waals surface area contributed by atoms with Crippen LogP contribution in [0.25, 0.3) is 10.9 Å². The number of benzene rings is 2. The summed E-state index contributed by atoms with van der Waals surface area (Å²) < 4.78 is 9.34. The topological polar surface area (TPSA) is 76.2 Å². The van der Waals surface area contributed by atoms with Gasteiger partial charge in [-0.3, -0.25) is 4.79 Å². The Morgan fingerprint density at radius 2 is 1.85 bits per heavy atom. The van der Waals surface area contributed by atoms with Gasteiger partial charge in [-0.25, -0.2) is 0 Å². The lowest BCUT2D eigenvalue weighted by atomic mass is 10.2. The lowest BCUT2D eigenvalue weighted by Gasteiger charge is -2.08. The number of rotatable bonds is 4. The molecule has 0 aliphatic heterocycles. The quantitative estimate of drug-likeness (QED) is 0.417. The zero-order valence-corrected chi connectivity index (χ0v) is 18.2. The van der Waals surface area contributed by atoms with Gasteiger partial charge in [0.05, 0.1) is 14.5 Å². The molecule has 9 heteroatoms. The van der Waals surface area contributed by atoms with E-state index in [1.165, 1.54) is 0 Å². The predicted molar refractivity (Wildman–Crippen MR) is 109 cm³/mol. The van der Waals surface area contributed by atoms with Crippen molar-refractivity contribution in [2.24, 2.45) is 17.3 Å². The van der Waals surface area contributed by atoms with Crippen LogP contribution < -0.4 is 4.74 Å². The molecular formula is C17H12Br3N3O3. The van der Waals surface area contributed by atoms with E-state index in [1.807, 2.05) is 18.2 Å². The summed E-state index contributed by atoms with van der Waals surface area (Å²) in [5, 5.41) is 18.5.